The van der Waals surface area contributed by atoms with Crippen molar-refractivity contribution in [2.24, 2.45) is 4.99 Å². The highest BCUT2D eigenvalue weighted by atomic mass is 32.1. The molecule has 1 saturated heterocycles. The third-order valence-electron chi connectivity index (χ3n) is 5.39. The summed E-state index contributed by atoms with van der Waals surface area (Å²) in [7, 11) is 0. The minimum absolute atomic E-state index is 0.304. The molecule has 0 amide bonds. The van der Waals surface area contributed by atoms with Gasteiger partial charge in [-0.15, -0.1) is 11.3 Å². The van der Waals surface area contributed by atoms with Crippen LogP contribution in [0.1, 0.15) is 47.5 Å². The van der Waals surface area contributed by atoms with Gasteiger partial charge in [0.1, 0.15) is 0 Å². The molecule has 0 bridgehead atoms. The second-order valence-electron chi connectivity index (χ2n) is 8.39. The minimum atomic E-state index is 0.304. The molecule has 7 heteroatoms. The predicted octanol–water partition coefficient (Wildman–Crippen LogP) is 3.67. The van der Waals surface area contributed by atoms with Gasteiger partial charge in [0.2, 0.25) is 0 Å². The Morgan fingerprint density at radius 3 is 2.42 bits per heavy atom. The third-order valence-corrected chi connectivity index (χ3v) is 6.53. The number of guanidine groups is 1. The van der Waals surface area contributed by atoms with Crippen LogP contribution >= 0.6 is 11.3 Å². The Labute approximate surface area is 191 Å². The third kappa shape index (κ3) is 7.59. The van der Waals surface area contributed by atoms with E-state index >= 15 is 0 Å². The van der Waals surface area contributed by atoms with Gasteiger partial charge in [0.05, 0.1) is 29.5 Å². The van der Waals surface area contributed by atoms with Gasteiger partial charge in [-0.05, 0) is 45.7 Å². The van der Waals surface area contributed by atoms with E-state index in [0.717, 1.165) is 50.8 Å². The molecule has 1 fully saturated rings. The van der Waals surface area contributed by atoms with Gasteiger partial charge >= 0.3 is 0 Å². The number of hydrogen-bond donors (Lipinski definition) is 2. The Balaban J connectivity index is 1.49. The topological polar surface area (TPSA) is 61.8 Å². The smallest absolute Gasteiger partial charge is 0.191 e. The molecule has 2 heterocycles. The lowest BCUT2D eigenvalue weighted by Crippen LogP contribution is -2.44. The van der Waals surface area contributed by atoms with Gasteiger partial charge in [-0.1, -0.05) is 24.3 Å². The fourth-order valence-corrected chi connectivity index (χ4v) is 4.80. The maximum Gasteiger partial charge on any atom is 0.191 e. The van der Waals surface area contributed by atoms with Crippen molar-refractivity contribution in [2.45, 2.75) is 66.3 Å². The van der Waals surface area contributed by atoms with Crippen molar-refractivity contribution in [1.29, 1.82) is 0 Å². The first-order valence-electron chi connectivity index (χ1n) is 11.3. The monoisotopic (exact) mass is 443 g/mol. The molecule has 2 N–H and O–H groups in total. The molecule has 0 spiro atoms. The lowest BCUT2D eigenvalue weighted by Gasteiger charge is -2.35. The van der Waals surface area contributed by atoms with Crippen LogP contribution in [-0.4, -0.2) is 54.2 Å². The maximum atomic E-state index is 5.84. The molecule has 1 aliphatic rings. The summed E-state index contributed by atoms with van der Waals surface area (Å²) in [5.41, 5.74) is 3.70. The normalized spacial score (nSPS) is 20.1. The molecule has 2 aromatic rings. The Hall–Kier alpha value is -1.96. The summed E-state index contributed by atoms with van der Waals surface area (Å²) in [6, 6.07) is 8.83. The molecule has 6 nitrogen and oxygen atoms in total. The number of aryl methyl sites for hydroxylation is 2. The molecule has 0 radical (unpaired) electrons. The second-order valence-corrected chi connectivity index (χ2v) is 9.68. The number of rotatable bonds is 8. The van der Waals surface area contributed by atoms with Crippen molar-refractivity contribution in [3.8, 4) is 0 Å². The number of benzene rings is 1. The highest BCUT2D eigenvalue weighted by Gasteiger charge is 2.21. The summed E-state index contributed by atoms with van der Waals surface area (Å²) in [5.74, 6) is 0.855. The number of nitrogens with one attached hydrogen (secondary N) is 2. The molecule has 2 atom stereocenters. The van der Waals surface area contributed by atoms with Crippen molar-refractivity contribution in [3.63, 3.8) is 0 Å². The molecular weight excluding hydrogens is 406 g/mol. The predicted molar refractivity (Wildman–Crippen MR) is 130 cm³/mol. The number of aliphatic imine (C=N–C) groups is 1. The van der Waals surface area contributed by atoms with Crippen LogP contribution in [0.25, 0.3) is 0 Å². The summed E-state index contributed by atoms with van der Waals surface area (Å²) >= 11 is 1.78. The average Bonchev–Trinajstić information content (AvgIpc) is 3.04. The molecule has 1 aromatic carbocycles. The average molecular weight is 444 g/mol. The van der Waals surface area contributed by atoms with Crippen LogP contribution < -0.4 is 10.6 Å². The zero-order chi connectivity index (χ0) is 22.2. The summed E-state index contributed by atoms with van der Waals surface area (Å²) in [6.45, 7) is 15.9. The first kappa shape index (κ1) is 23.7. The Morgan fingerprint density at radius 2 is 1.81 bits per heavy atom. The number of aromatic nitrogens is 1. The van der Waals surface area contributed by atoms with Gasteiger partial charge in [0.25, 0.3) is 0 Å². The molecule has 170 valence electrons. The minimum Gasteiger partial charge on any atom is -0.373 e. The Kier molecular flexibility index (Phi) is 8.87. The van der Waals surface area contributed by atoms with E-state index < -0.39 is 0 Å². The van der Waals surface area contributed by atoms with Crippen molar-refractivity contribution >= 4 is 17.3 Å². The maximum absolute atomic E-state index is 5.84. The van der Waals surface area contributed by atoms with Crippen LogP contribution in [0, 0.1) is 13.8 Å². The fourth-order valence-electron chi connectivity index (χ4n) is 3.87. The highest BCUT2D eigenvalue weighted by Crippen LogP contribution is 2.17. The Morgan fingerprint density at radius 1 is 1.13 bits per heavy atom. The number of thiazole rings is 1. The lowest BCUT2D eigenvalue weighted by molar-refractivity contribution is -0.0704. The molecule has 2 unspecified atom stereocenters. The van der Waals surface area contributed by atoms with E-state index in [4.69, 9.17) is 9.73 Å². The molecular formula is C24H37N5OS. The van der Waals surface area contributed by atoms with E-state index in [0.29, 0.717) is 18.8 Å². The molecule has 0 saturated carbocycles. The number of ether oxygens (including phenoxy) is 1. The van der Waals surface area contributed by atoms with E-state index in [-0.39, 0.29) is 0 Å². The van der Waals surface area contributed by atoms with Crippen LogP contribution in [0.15, 0.2) is 29.3 Å². The molecule has 1 aromatic heterocycles. The van der Waals surface area contributed by atoms with Crippen molar-refractivity contribution in [1.82, 2.24) is 20.5 Å². The van der Waals surface area contributed by atoms with Gasteiger partial charge in [-0.2, -0.15) is 0 Å². The number of morpholine rings is 1. The van der Waals surface area contributed by atoms with Crippen LogP contribution in [0.4, 0.5) is 0 Å². The number of hydrogen-bond acceptors (Lipinski definition) is 5. The zero-order valence-electron chi connectivity index (χ0n) is 19.6. The van der Waals surface area contributed by atoms with E-state index in [2.05, 4.69) is 79.4 Å². The van der Waals surface area contributed by atoms with Crippen molar-refractivity contribution in [2.75, 3.05) is 26.2 Å². The number of nitrogens with zero attached hydrogens (tertiary/aromatic N) is 3. The van der Waals surface area contributed by atoms with Gasteiger partial charge in [-0.3, -0.25) is 4.90 Å². The standard InChI is InChI=1S/C24H37N5OS/c1-6-25-24(26-12-11-23-28-19(4)20(5)31-23)27-13-21-7-9-22(10-8-21)16-29-14-17(2)30-18(3)15-29/h7-10,17-18H,6,11-16H2,1-5H3,(H2,25,26,27). The molecule has 0 aliphatic carbocycles. The zero-order valence-corrected chi connectivity index (χ0v) is 20.4. The van der Waals surface area contributed by atoms with Gasteiger partial charge in [0.15, 0.2) is 5.96 Å². The molecule has 3 rings (SSSR count). The van der Waals surface area contributed by atoms with E-state index in [1.807, 2.05) is 0 Å². The summed E-state index contributed by atoms with van der Waals surface area (Å²) in [4.78, 5) is 13.1. The van der Waals surface area contributed by atoms with Crippen LogP contribution in [-0.2, 0) is 24.2 Å². The van der Waals surface area contributed by atoms with Crippen molar-refractivity contribution in [3.05, 3.63) is 51.0 Å². The van der Waals surface area contributed by atoms with E-state index in [9.17, 15) is 0 Å². The van der Waals surface area contributed by atoms with Gasteiger partial charge in [-0.25, -0.2) is 9.98 Å². The summed E-state index contributed by atoms with van der Waals surface area (Å²) in [6.07, 6.45) is 1.52. The van der Waals surface area contributed by atoms with Crippen LogP contribution in [0.2, 0.25) is 0 Å². The van der Waals surface area contributed by atoms with E-state index in [1.165, 1.54) is 21.0 Å². The molecule has 31 heavy (non-hydrogen) atoms. The largest absolute Gasteiger partial charge is 0.373 e. The van der Waals surface area contributed by atoms with Crippen molar-refractivity contribution < 1.29 is 4.74 Å². The second kappa shape index (κ2) is 11.6. The van der Waals surface area contributed by atoms with Crippen LogP contribution in [0.3, 0.4) is 0 Å². The SMILES string of the molecule is CCNC(=NCc1ccc(CN2CC(C)OC(C)C2)cc1)NCCc1nc(C)c(C)s1. The van der Waals surface area contributed by atoms with E-state index in [1.54, 1.807) is 11.3 Å². The first-order chi connectivity index (χ1) is 14.9. The molecule has 1 aliphatic heterocycles. The van der Waals surface area contributed by atoms with Gasteiger partial charge in [0, 0.05) is 44.0 Å². The van der Waals surface area contributed by atoms with Gasteiger partial charge < -0.3 is 15.4 Å². The summed E-state index contributed by atoms with van der Waals surface area (Å²) in [5, 5.41) is 7.94. The Bertz CT molecular complexity index is 819. The lowest BCUT2D eigenvalue weighted by atomic mass is 10.1. The quantitative estimate of drug-likeness (QED) is 0.482. The first-order valence-corrected chi connectivity index (χ1v) is 12.1. The fraction of sp³-hybridized carbons (Fsp3) is 0.583. The van der Waals surface area contributed by atoms with Crippen LogP contribution in [0.5, 0.6) is 0 Å². The highest BCUT2D eigenvalue weighted by molar-refractivity contribution is 7.11. The summed E-state index contributed by atoms with van der Waals surface area (Å²) < 4.78 is 5.84.